The molecule has 1 aliphatic heterocycles. The van der Waals surface area contributed by atoms with Gasteiger partial charge in [0.2, 0.25) is 5.91 Å². The van der Waals surface area contributed by atoms with Gasteiger partial charge >= 0.3 is 18.3 Å². The number of hydrazine groups is 1. The zero-order valence-electron chi connectivity index (χ0n) is 18.8. The molecule has 16 heteroatoms. The highest BCUT2D eigenvalue weighted by atomic mass is 32.2. The topological polar surface area (TPSA) is 112 Å². The van der Waals surface area contributed by atoms with Gasteiger partial charge in [-0.05, 0) is 36.4 Å². The Kier molecular flexibility index (Phi) is 8.79. The second kappa shape index (κ2) is 11.5. The number of nitrogens with zero attached hydrogens (tertiary/aromatic N) is 2. The number of benzene rings is 1. The number of aromatic nitrogens is 1. The number of thiocarbonyl (C=S) groups is 1. The predicted molar refractivity (Wildman–Crippen MR) is 128 cm³/mol. The van der Waals surface area contributed by atoms with Gasteiger partial charge in [0, 0.05) is 12.1 Å². The number of rotatable bonds is 8. The molecule has 0 unspecified atom stereocenters. The molecular formula is C22H16F6N4O4S2. The number of thioether (sulfide) groups is 1. The second-order valence-corrected chi connectivity index (χ2v) is 9.26. The van der Waals surface area contributed by atoms with E-state index in [1.165, 1.54) is 24.3 Å². The number of aliphatic carboxylic acids is 1. The van der Waals surface area contributed by atoms with E-state index in [1.54, 1.807) is 0 Å². The van der Waals surface area contributed by atoms with Gasteiger partial charge in [-0.3, -0.25) is 14.4 Å². The molecule has 2 aromatic rings. The summed E-state index contributed by atoms with van der Waals surface area (Å²) in [5, 5.41) is 11.8. The largest absolute Gasteiger partial charge is 0.481 e. The Balaban J connectivity index is 1.80. The van der Waals surface area contributed by atoms with Crippen molar-refractivity contribution in [3.8, 4) is 11.3 Å². The number of carboxylic acids is 1. The van der Waals surface area contributed by atoms with Crippen LogP contribution in [0, 0.1) is 0 Å². The van der Waals surface area contributed by atoms with Crippen LogP contribution in [-0.2, 0) is 26.7 Å². The van der Waals surface area contributed by atoms with Crippen LogP contribution in [0.5, 0.6) is 0 Å². The van der Waals surface area contributed by atoms with E-state index < -0.39 is 53.4 Å². The van der Waals surface area contributed by atoms with Crippen molar-refractivity contribution in [2.75, 3.05) is 13.1 Å². The van der Waals surface area contributed by atoms with Gasteiger partial charge in [0.25, 0.3) is 5.91 Å². The lowest BCUT2D eigenvalue weighted by Gasteiger charge is -2.15. The highest BCUT2D eigenvalue weighted by Gasteiger charge is 2.37. The Morgan fingerprint density at radius 1 is 1.08 bits per heavy atom. The third-order valence-electron chi connectivity index (χ3n) is 4.79. The molecule has 38 heavy (non-hydrogen) atoms. The average molecular weight is 579 g/mol. The lowest BCUT2D eigenvalue weighted by molar-refractivity contribution is -0.143. The summed E-state index contributed by atoms with van der Waals surface area (Å²) in [6.45, 7) is -0.517. The molecule has 1 saturated heterocycles. The lowest BCUT2D eigenvalue weighted by Crippen LogP contribution is -2.46. The second-order valence-electron chi connectivity index (χ2n) is 7.59. The first-order valence-corrected chi connectivity index (χ1v) is 11.6. The van der Waals surface area contributed by atoms with Gasteiger partial charge < -0.3 is 10.4 Å². The maximum atomic E-state index is 13.2. The Labute approximate surface area is 220 Å². The zero-order valence-corrected chi connectivity index (χ0v) is 20.4. The van der Waals surface area contributed by atoms with Crippen molar-refractivity contribution in [3.63, 3.8) is 0 Å². The number of amides is 2. The van der Waals surface area contributed by atoms with Gasteiger partial charge in [-0.2, -0.15) is 26.3 Å². The minimum absolute atomic E-state index is 0.0120. The van der Waals surface area contributed by atoms with Gasteiger partial charge in [-0.25, -0.2) is 15.4 Å². The Hall–Kier alpha value is -3.50. The third kappa shape index (κ3) is 7.52. The van der Waals surface area contributed by atoms with E-state index >= 15 is 0 Å². The molecular weight excluding hydrogens is 562 g/mol. The molecule has 0 radical (unpaired) electrons. The zero-order chi connectivity index (χ0) is 28.3. The number of hydrogen-bond acceptors (Lipinski definition) is 7. The number of hydrogen-bond donors (Lipinski definition) is 3. The summed E-state index contributed by atoms with van der Waals surface area (Å²) in [6, 6.07) is 5.07. The first-order valence-electron chi connectivity index (χ1n) is 10.4. The monoisotopic (exact) mass is 578 g/mol. The minimum atomic E-state index is -5.03. The van der Waals surface area contributed by atoms with Crippen molar-refractivity contribution in [1.29, 1.82) is 0 Å². The minimum Gasteiger partial charge on any atom is -0.481 e. The number of carbonyl (C=O) groups is 3. The average Bonchev–Trinajstić information content (AvgIpc) is 3.08. The van der Waals surface area contributed by atoms with Gasteiger partial charge in [0.05, 0.1) is 40.4 Å². The molecule has 0 saturated carbocycles. The summed E-state index contributed by atoms with van der Waals surface area (Å²) in [5.74, 6) is -2.38. The molecule has 1 aliphatic rings. The van der Waals surface area contributed by atoms with Crippen molar-refractivity contribution in [1.82, 2.24) is 20.7 Å². The Morgan fingerprint density at radius 3 is 2.29 bits per heavy atom. The number of halogens is 6. The summed E-state index contributed by atoms with van der Waals surface area (Å²) in [7, 11) is 0. The van der Waals surface area contributed by atoms with E-state index in [2.05, 4.69) is 15.7 Å². The molecule has 2 amide bonds. The van der Waals surface area contributed by atoms with Crippen LogP contribution in [0.2, 0.25) is 0 Å². The predicted octanol–water partition coefficient (Wildman–Crippen LogP) is 4.08. The van der Waals surface area contributed by atoms with Crippen molar-refractivity contribution in [2.45, 2.75) is 18.8 Å². The van der Waals surface area contributed by atoms with Crippen LogP contribution in [0.1, 0.15) is 23.2 Å². The lowest BCUT2D eigenvalue weighted by atomic mass is 10.0. The smallest absolute Gasteiger partial charge is 0.416 e. The summed E-state index contributed by atoms with van der Waals surface area (Å²) in [5.41, 5.74) is -1.05. The summed E-state index contributed by atoms with van der Waals surface area (Å²) in [4.78, 5) is 39.1. The Bertz CT molecular complexity index is 1280. The van der Waals surface area contributed by atoms with Crippen LogP contribution in [0.3, 0.4) is 0 Å². The van der Waals surface area contributed by atoms with Gasteiger partial charge in [0.15, 0.2) is 4.32 Å². The van der Waals surface area contributed by atoms with E-state index in [-0.39, 0.29) is 39.6 Å². The van der Waals surface area contributed by atoms with Crippen molar-refractivity contribution in [2.24, 2.45) is 0 Å². The number of nitrogens with one attached hydrogen (secondary N) is 2. The van der Waals surface area contributed by atoms with Crippen LogP contribution in [0.4, 0.5) is 26.3 Å². The SMILES string of the molecule is O=C(O)CCNC(=O)CNN1C(=O)C(=Cc2cccc(-c3cc(C(F)(F)F)cc(C(F)(F)F)c3)n2)SC1=S. The van der Waals surface area contributed by atoms with Crippen molar-refractivity contribution < 1.29 is 45.8 Å². The van der Waals surface area contributed by atoms with Crippen LogP contribution < -0.4 is 10.7 Å². The number of carboxylic acid groups (broad SMARTS) is 1. The van der Waals surface area contributed by atoms with Crippen molar-refractivity contribution >= 4 is 52.2 Å². The van der Waals surface area contributed by atoms with E-state index in [0.29, 0.717) is 12.1 Å². The van der Waals surface area contributed by atoms with Crippen LogP contribution in [-0.4, -0.2) is 50.3 Å². The molecule has 202 valence electrons. The number of alkyl halides is 6. The number of pyridine rings is 1. The van der Waals surface area contributed by atoms with E-state index in [1.807, 2.05) is 0 Å². The first kappa shape index (κ1) is 29.1. The fourth-order valence-electron chi connectivity index (χ4n) is 3.06. The van der Waals surface area contributed by atoms with Crippen molar-refractivity contribution in [3.05, 3.63) is 58.1 Å². The maximum absolute atomic E-state index is 13.2. The molecule has 0 spiro atoms. The molecule has 0 aliphatic carbocycles. The maximum Gasteiger partial charge on any atom is 0.416 e. The van der Waals surface area contributed by atoms with E-state index in [0.717, 1.165) is 16.8 Å². The molecule has 2 heterocycles. The fourth-order valence-corrected chi connectivity index (χ4v) is 4.26. The molecule has 3 rings (SSSR count). The molecule has 1 aromatic carbocycles. The number of carbonyl (C=O) groups excluding carboxylic acids is 2. The molecule has 0 atom stereocenters. The van der Waals surface area contributed by atoms with E-state index in [4.69, 9.17) is 17.3 Å². The highest BCUT2D eigenvalue weighted by Crippen LogP contribution is 2.38. The van der Waals surface area contributed by atoms with Gasteiger partial charge in [-0.15, -0.1) is 0 Å². The molecule has 1 aromatic heterocycles. The highest BCUT2D eigenvalue weighted by molar-refractivity contribution is 8.26. The quantitative estimate of drug-likeness (QED) is 0.244. The van der Waals surface area contributed by atoms with Gasteiger partial charge in [0.1, 0.15) is 0 Å². The fraction of sp³-hybridized carbons (Fsp3) is 0.227. The van der Waals surface area contributed by atoms with Crippen LogP contribution in [0.25, 0.3) is 17.3 Å². The van der Waals surface area contributed by atoms with Crippen LogP contribution >= 0.6 is 24.0 Å². The normalized spacial score (nSPS) is 15.3. The summed E-state index contributed by atoms with van der Waals surface area (Å²) >= 11 is 5.93. The van der Waals surface area contributed by atoms with E-state index in [9.17, 15) is 40.7 Å². The molecule has 0 bridgehead atoms. The molecule has 8 nitrogen and oxygen atoms in total. The summed E-state index contributed by atoms with van der Waals surface area (Å²) in [6.07, 6.45) is -9.10. The molecule has 3 N–H and O–H groups in total. The first-order chi connectivity index (χ1) is 17.6. The van der Waals surface area contributed by atoms with Gasteiger partial charge in [-0.1, -0.05) is 30.0 Å². The Morgan fingerprint density at radius 2 is 1.71 bits per heavy atom. The molecule has 1 fully saturated rings. The summed E-state index contributed by atoms with van der Waals surface area (Å²) < 4.78 is 79.3. The third-order valence-corrected chi connectivity index (χ3v) is 6.09. The standard InChI is InChI=1S/C22H16F6N4O4S2/c23-21(24,25)12-6-11(7-13(8-12)22(26,27)28)15-3-1-2-14(31-15)9-16-19(36)32(20(37)38-16)30-10-17(33)29-5-4-18(34)35/h1-3,6-9,30H,4-5,10H2,(H,29,33)(H,34,35). The van der Waals surface area contributed by atoms with Crippen LogP contribution in [0.15, 0.2) is 41.3 Å².